The second kappa shape index (κ2) is 4.25. The van der Waals surface area contributed by atoms with Crippen LogP contribution in [-0.4, -0.2) is 46.9 Å². The Morgan fingerprint density at radius 3 is 2.69 bits per heavy atom. The van der Waals surface area contributed by atoms with Crippen LogP contribution in [0.4, 0.5) is 0 Å². The molecule has 0 N–H and O–H groups in total. The quantitative estimate of drug-likeness (QED) is 0.722. The van der Waals surface area contributed by atoms with Gasteiger partial charge in [0.1, 0.15) is 5.54 Å². The predicted molar refractivity (Wildman–Crippen MR) is 57.8 cm³/mol. The highest BCUT2D eigenvalue weighted by Gasteiger charge is 2.34. The average molecular weight is 222 g/mol. The maximum absolute atomic E-state index is 12.3. The predicted octanol–water partition coefficient (Wildman–Crippen LogP) is 0.277. The lowest BCUT2D eigenvalue weighted by Gasteiger charge is -2.34. The normalized spacial score (nSPS) is 17.5. The second-order valence-electron chi connectivity index (χ2n) is 4.35. The zero-order chi connectivity index (χ0) is 11.6. The summed E-state index contributed by atoms with van der Waals surface area (Å²) in [4.78, 5) is 14.1. The highest BCUT2D eigenvalue weighted by Crippen LogP contribution is 2.17. The molecule has 1 aliphatic rings. The van der Waals surface area contributed by atoms with Crippen molar-refractivity contribution in [1.82, 2.24) is 14.7 Å². The van der Waals surface area contributed by atoms with Gasteiger partial charge >= 0.3 is 0 Å². The molecule has 5 nitrogen and oxygen atoms in total. The minimum atomic E-state index is -0.655. The molecule has 0 atom stereocenters. The molecule has 0 bridgehead atoms. The molecule has 16 heavy (non-hydrogen) atoms. The fourth-order valence-corrected chi connectivity index (χ4v) is 1.79. The van der Waals surface area contributed by atoms with Gasteiger partial charge in [-0.25, -0.2) is 0 Å². The topological polar surface area (TPSA) is 47.4 Å². The minimum absolute atomic E-state index is 0.0768. The molecule has 1 fully saturated rings. The number of ether oxygens (including phenoxy) is 1. The van der Waals surface area contributed by atoms with Gasteiger partial charge in [-0.05, 0) is 13.8 Å². The molecular formula is C11H16N3O2. The Balaban J connectivity index is 2.13. The van der Waals surface area contributed by atoms with Crippen molar-refractivity contribution < 1.29 is 9.53 Å². The number of aromatic nitrogens is 2. The third-order valence-electron chi connectivity index (χ3n) is 2.85. The number of morpholine rings is 1. The highest BCUT2D eigenvalue weighted by atomic mass is 16.5. The largest absolute Gasteiger partial charge is 0.378 e. The SMILES string of the molecule is CC(C)(C(=O)N1CCOCC1)n1c[c]cn1. The Labute approximate surface area is 95.0 Å². The summed E-state index contributed by atoms with van der Waals surface area (Å²) in [7, 11) is 0. The molecule has 1 aliphatic heterocycles. The lowest BCUT2D eigenvalue weighted by molar-refractivity contribution is -0.143. The van der Waals surface area contributed by atoms with Crippen molar-refractivity contribution in [3.63, 3.8) is 0 Å². The summed E-state index contributed by atoms with van der Waals surface area (Å²) in [5, 5.41) is 4.09. The van der Waals surface area contributed by atoms with Crippen LogP contribution >= 0.6 is 0 Å². The van der Waals surface area contributed by atoms with Gasteiger partial charge < -0.3 is 9.64 Å². The number of hydrogen-bond donors (Lipinski definition) is 0. The van der Waals surface area contributed by atoms with Crippen LogP contribution in [0, 0.1) is 6.07 Å². The van der Waals surface area contributed by atoms with Crippen LogP contribution in [0.3, 0.4) is 0 Å². The van der Waals surface area contributed by atoms with Gasteiger partial charge in [-0.15, -0.1) is 0 Å². The van der Waals surface area contributed by atoms with E-state index in [0.29, 0.717) is 26.3 Å². The van der Waals surface area contributed by atoms with Gasteiger partial charge in [0, 0.05) is 25.4 Å². The van der Waals surface area contributed by atoms with Crippen LogP contribution in [0.15, 0.2) is 12.4 Å². The molecule has 1 amide bonds. The smallest absolute Gasteiger partial charge is 0.250 e. The zero-order valence-electron chi connectivity index (χ0n) is 9.64. The fourth-order valence-electron chi connectivity index (χ4n) is 1.79. The van der Waals surface area contributed by atoms with Crippen LogP contribution < -0.4 is 0 Å². The molecule has 2 rings (SSSR count). The molecule has 0 aromatic carbocycles. The molecule has 0 saturated carbocycles. The van der Waals surface area contributed by atoms with Crippen molar-refractivity contribution in [2.45, 2.75) is 19.4 Å². The molecule has 87 valence electrons. The summed E-state index contributed by atoms with van der Waals surface area (Å²) < 4.78 is 6.87. The van der Waals surface area contributed by atoms with Gasteiger partial charge in [0.2, 0.25) is 5.91 Å². The van der Waals surface area contributed by atoms with Crippen LogP contribution in [-0.2, 0) is 15.1 Å². The van der Waals surface area contributed by atoms with Gasteiger partial charge in [0.25, 0.3) is 0 Å². The third-order valence-corrected chi connectivity index (χ3v) is 2.85. The van der Waals surface area contributed by atoms with E-state index in [2.05, 4.69) is 11.2 Å². The molecule has 1 saturated heterocycles. The van der Waals surface area contributed by atoms with Gasteiger partial charge in [0.05, 0.1) is 19.4 Å². The molecule has 0 unspecified atom stereocenters. The summed E-state index contributed by atoms with van der Waals surface area (Å²) >= 11 is 0. The summed E-state index contributed by atoms with van der Waals surface area (Å²) in [6.45, 7) is 6.29. The Bertz CT molecular complexity index is 353. The van der Waals surface area contributed by atoms with E-state index in [1.165, 1.54) is 0 Å². The van der Waals surface area contributed by atoms with E-state index in [1.54, 1.807) is 17.1 Å². The van der Waals surface area contributed by atoms with Crippen LogP contribution in [0.2, 0.25) is 0 Å². The van der Waals surface area contributed by atoms with Crippen molar-refractivity contribution >= 4 is 5.91 Å². The monoisotopic (exact) mass is 222 g/mol. The maximum Gasteiger partial charge on any atom is 0.250 e. The average Bonchev–Trinajstić information content (AvgIpc) is 2.83. The lowest BCUT2D eigenvalue weighted by atomic mass is 10.0. The van der Waals surface area contributed by atoms with Crippen LogP contribution in [0.25, 0.3) is 0 Å². The Hall–Kier alpha value is -1.36. The zero-order valence-corrected chi connectivity index (χ0v) is 9.64. The third kappa shape index (κ3) is 1.95. The second-order valence-corrected chi connectivity index (χ2v) is 4.35. The van der Waals surface area contributed by atoms with Gasteiger partial charge in [0.15, 0.2) is 0 Å². The van der Waals surface area contributed by atoms with E-state index in [1.807, 2.05) is 18.7 Å². The van der Waals surface area contributed by atoms with E-state index in [0.717, 1.165) is 0 Å². The number of carbonyl (C=O) groups excluding carboxylic acids is 1. The van der Waals surface area contributed by atoms with Crippen molar-refractivity contribution in [2.24, 2.45) is 0 Å². The molecule has 0 aliphatic carbocycles. The van der Waals surface area contributed by atoms with Crippen molar-refractivity contribution in [2.75, 3.05) is 26.3 Å². The first-order chi connectivity index (χ1) is 7.62. The summed E-state index contributed by atoms with van der Waals surface area (Å²) in [6.07, 6.45) is 3.26. The summed E-state index contributed by atoms with van der Waals surface area (Å²) in [5.74, 6) is 0.0768. The van der Waals surface area contributed by atoms with Crippen molar-refractivity contribution in [1.29, 1.82) is 0 Å². The number of nitrogens with zero attached hydrogens (tertiary/aromatic N) is 3. The summed E-state index contributed by atoms with van der Waals surface area (Å²) in [5.41, 5.74) is -0.655. The van der Waals surface area contributed by atoms with E-state index >= 15 is 0 Å². The number of hydrogen-bond acceptors (Lipinski definition) is 3. The maximum atomic E-state index is 12.3. The van der Waals surface area contributed by atoms with E-state index in [4.69, 9.17) is 4.74 Å². The van der Waals surface area contributed by atoms with Gasteiger partial charge in [-0.1, -0.05) is 0 Å². The molecule has 0 spiro atoms. The van der Waals surface area contributed by atoms with E-state index in [-0.39, 0.29) is 5.91 Å². The fraction of sp³-hybridized carbons (Fsp3) is 0.636. The van der Waals surface area contributed by atoms with Gasteiger partial charge in [-0.3, -0.25) is 9.48 Å². The molecule has 1 radical (unpaired) electrons. The van der Waals surface area contributed by atoms with Crippen molar-refractivity contribution in [3.05, 3.63) is 18.5 Å². The molecule has 1 aromatic heterocycles. The van der Waals surface area contributed by atoms with Crippen molar-refractivity contribution in [3.8, 4) is 0 Å². The summed E-state index contributed by atoms with van der Waals surface area (Å²) in [6, 6.07) is 2.85. The highest BCUT2D eigenvalue weighted by molar-refractivity contribution is 5.83. The first-order valence-corrected chi connectivity index (χ1v) is 5.40. The lowest BCUT2D eigenvalue weighted by Crippen LogP contribution is -2.51. The Morgan fingerprint density at radius 1 is 1.44 bits per heavy atom. The molecule has 1 aromatic rings. The first-order valence-electron chi connectivity index (χ1n) is 5.40. The van der Waals surface area contributed by atoms with Crippen LogP contribution in [0.1, 0.15) is 13.8 Å². The van der Waals surface area contributed by atoms with Crippen LogP contribution in [0.5, 0.6) is 0 Å². The minimum Gasteiger partial charge on any atom is -0.378 e. The standard InChI is InChI=1S/C11H16N3O2/c1-11(2,14-5-3-4-12-14)10(15)13-6-8-16-9-7-13/h4-5H,6-9H2,1-2H3. The Kier molecular flexibility index (Phi) is 2.96. The van der Waals surface area contributed by atoms with E-state index < -0.39 is 5.54 Å². The number of rotatable bonds is 2. The first kappa shape index (κ1) is 11.1. The molecule has 2 heterocycles. The number of amides is 1. The molecule has 5 heteroatoms. The molecular weight excluding hydrogens is 206 g/mol. The van der Waals surface area contributed by atoms with E-state index in [9.17, 15) is 4.79 Å². The Morgan fingerprint density at radius 2 is 2.12 bits per heavy atom. The number of carbonyl (C=O) groups is 1. The van der Waals surface area contributed by atoms with Gasteiger partial charge in [-0.2, -0.15) is 5.10 Å².